The lowest BCUT2D eigenvalue weighted by atomic mass is 10.1. The van der Waals surface area contributed by atoms with Crippen molar-refractivity contribution in [2.45, 2.75) is 13.1 Å². The second-order valence-corrected chi connectivity index (χ2v) is 5.69. The van der Waals surface area contributed by atoms with Gasteiger partial charge in [0.25, 0.3) is 0 Å². The molecule has 2 N–H and O–H groups in total. The maximum Gasteiger partial charge on any atom is 0.124 e. The molecule has 0 atom stereocenters. The number of nitrogens with zero attached hydrogens (tertiary/aromatic N) is 1. The van der Waals surface area contributed by atoms with Gasteiger partial charge in [0.15, 0.2) is 0 Å². The largest absolute Gasteiger partial charge is 0.343 e. The molecule has 0 saturated heterocycles. The van der Waals surface area contributed by atoms with Crippen LogP contribution in [0.3, 0.4) is 0 Å². The maximum atomic E-state index is 13.4. The first-order chi connectivity index (χ1) is 9.67. The van der Waals surface area contributed by atoms with Crippen molar-refractivity contribution in [3.63, 3.8) is 0 Å². The van der Waals surface area contributed by atoms with Gasteiger partial charge in [-0.2, -0.15) is 0 Å². The molecule has 2 aromatic carbocycles. The van der Waals surface area contributed by atoms with Crippen molar-refractivity contribution in [2.75, 3.05) is 0 Å². The normalized spacial score (nSPS) is 11.2. The number of hydrogen-bond donors (Lipinski definition) is 1. The Bertz CT molecular complexity index is 744. The van der Waals surface area contributed by atoms with Crippen LogP contribution in [-0.4, -0.2) is 4.57 Å². The van der Waals surface area contributed by atoms with E-state index in [0.717, 1.165) is 26.5 Å². The Balaban J connectivity index is 2.03. The van der Waals surface area contributed by atoms with Gasteiger partial charge in [0.2, 0.25) is 0 Å². The Morgan fingerprint density at radius 3 is 2.75 bits per heavy atom. The van der Waals surface area contributed by atoms with Crippen LogP contribution >= 0.6 is 15.9 Å². The van der Waals surface area contributed by atoms with Gasteiger partial charge in [-0.3, -0.25) is 0 Å². The average Bonchev–Trinajstić information content (AvgIpc) is 2.81. The van der Waals surface area contributed by atoms with Crippen LogP contribution in [0.1, 0.15) is 11.1 Å². The van der Waals surface area contributed by atoms with Crippen LogP contribution < -0.4 is 5.73 Å². The highest BCUT2D eigenvalue weighted by Gasteiger charge is 2.06. The number of rotatable bonds is 3. The predicted molar refractivity (Wildman–Crippen MR) is 83.0 cm³/mol. The van der Waals surface area contributed by atoms with Crippen molar-refractivity contribution in [3.8, 4) is 0 Å². The summed E-state index contributed by atoms with van der Waals surface area (Å²) >= 11 is 3.32. The lowest BCUT2D eigenvalue weighted by Crippen LogP contribution is -2.00. The second-order valence-electron chi connectivity index (χ2n) is 4.78. The topological polar surface area (TPSA) is 30.9 Å². The summed E-state index contributed by atoms with van der Waals surface area (Å²) in [5.74, 6) is -0.228. The first kappa shape index (κ1) is 13.3. The van der Waals surface area contributed by atoms with E-state index in [1.165, 1.54) is 6.07 Å². The first-order valence-electron chi connectivity index (χ1n) is 6.39. The lowest BCUT2D eigenvalue weighted by Gasteiger charge is -2.08. The lowest BCUT2D eigenvalue weighted by molar-refractivity contribution is 0.623. The molecular formula is C16H14BrFN2. The van der Waals surface area contributed by atoms with E-state index in [9.17, 15) is 4.39 Å². The summed E-state index contributed by atoms with van der Waals surface area (Å²) in [4.78, 5) is 0. The molecular weight excluding hydrogens is 319 g/mol. The standard InChI is InChI=1S/C16H14BrFN2/c17-13-6-11(7-14(18)8-13)10-20-5-4-15-12(9-19)2-1-3-16(15)20/h1-8H,9-10,19H2. The summed E-state index contributed by atoms with van der Waals surface area (Å²) in [5.41, 5.74) is 8.92. The summed E-state index contributed by atoms with van der Waals surface area (Å²) in [6, 6.07) is 13.1. The van der Waals surface area contributed by atoms with Gasteiger partial charge in [-0.25, -0.2) is 4.39 Å². The van der Waals surface area contributed by atoms with E-state index >= 15 is 0 Å². The SMILES string of the molecule is NCc1cccc2c1ccn2Cc1cc(F)cc(Br)c1. The minimum absolute atomic E-state index is 0.228. The van der Waals surface area contributed by atoms with E-state index < -0.39 is 0 Å². The third-order valence-corrected chi connectivity index (χ3v) is 3.86. The van der Waals surface area contributed by atoms with Crippen LogP contribution in [0.2, 0.25) is 0 Å². The van der Waals surface area contributed by atoms with Gasteiger partial charge in [-0.15, -0.1) is 0 Å². The molecule has 0 radical (unpaired) electrons. The smallest absolute Gasteiger partial charge is 0.124 e. The van der Waals surface area contributed by atoms with Gasteiger partial charge in [0, 0.05) is 34.7 Å². The summed E-state index contributed by atoms with van der Waals surface area (Å²) in [6.45, 7) is 1.15. The zero-order valence-electron chi connectivity index (χ0n) is 10.8. The fraction of sp³-hybridized carbons (Fsp3) is 0.125. The highest BCUT2D eigenvalue weighted by molar-refractivity contribution is 9.10. The molecule has 0 aliphatic rings. The second kappa shape index (κ2) is 5.38. The first-order valence-corrected chi connectivity index (χ1v) is 7.18. The summed E-state index contributed by atoms with van der Waals surface area (Å²) < 4.78 is 16.3. The van der Waals surface area contributed by atoms with Crippen molar-refractivity contribution in [3.05, 3.63) is 70.1 Å². The van der Waals surface area contributed by atoms with Crippen LogP contribution in [0.25, 0.3) is 10.9 Å². The third-order valence-electron chi connectivity index (χ3n) is 3.40. The Hall–Kier alpha value is -1.65. The maximum absolute atomic E-state index is 13.4. The quantitative estimate of drug-likeness (QED) is 0.770. The van der Waals surface area contributed by atoms with E-state index in [4.69, 9.17) is 5.73 Å². The summed E-state index contributed by atoms with van der Waals surface area (Å²) in [5, 5.41) is 1.16. The molecule has 102 valence electrons. The summed E-state index contributed by atoms with van der Waals surface area (Å²) in [6.07, 6.45) is 2.02. The molecule has 0 aliphatic carbocycles. The number of benzene rings is 2. The van der Waals surface area contributed by atoms with Gasteiger partial charge >= 0.3 is 0 Å². The van der Waals surface area contributed by atoms with E-state index in [1.54, 1.807) is 6.07 Å². The Labute approximate surface area is 125 Å². The van der Waals surface area contributed by atoms with Crippen LogP contribution in [0.15, 0.2) is 53.1 Å². The highest BCUT2D eigenvalue weighted by atomic mass is 79.9. The third kappa shape index (κ3) is 2.49. The molecule has 2 nitrogen and oxygen atoms in total. The number of nitrogens with two attached hydrogens (primary N) is 1. The zero-order chi connectivity index (χ0) is 14.1. The van der Waals surface area contributed by atoms with E-state index in [1.807, 2.05) is 24.4 Å². The van der Waals surface area contributed by atoms with E-state index in [0.29, 0.717) is 13.1 Å². The molecule has 0 amide bonds. The molecule has 3 aromatic rings. The van der Waals surface area contributed by atoms with Gasteiger partial charge < -0.3 is 10.3 Å². The zero-order valence-corrected chi connectivity index (χ0v) is 12.4. The van der Waals surface area contributed by atoms with Gasteiger partial charge in [-0.05, 0) is 41.5 Å². The predicted octanol–water partition coefficient (Wildman–Crippen LogP) is 4.05. The molecule has 0 unspecified atom stereocenters. The fourth-order valence-electron chi connectivity index (χ4n) is 2.50. The minimum atomic E-state index is -0.228. The van der Waals surface area contributed by atoms with Crippen molar-refractivity contribution < 1.29 is 4.39 Å². The Kier molecular flexibility index (Phi) is 3.59. The van der Waals surface area contributed by atoms with E-state index in [2.05, 4.69) is 32.6 Å². The molecule has 3 rings (SSSR count). The molecule has 4 heteroatoms. The monoisotopic (exact) mass is 332 g/mol. The molecule has 1 heterocycles. The molecule has 0 aliphatic heterocycles. The number of halogens is 2. The van der Waals surface area contributed by atoms with Gasteiger partial charge in [0.05, 0.1) is 0 Å². The highest BCUT2D eigenvalue weighted by Crippen LogP contribution is 2.22. The van der Waals surface area contributed by atoms with Crippen LogP contribution in [-0.2, 0) is 13.1 Å². The average molecular weight is 333 g/mol. The van der Waals surface area contributed by atoms with Crippen molar-refractivity contribution in [1.82, 2.24) is 4.57 Å². The number of fused-ring (bicyclic) bond motifs is 1. The molecule has 0 spiro atoms. The van der Waals surface area contributed by atoms with Crippen LogP contribution in [0.4, 0.5) is 4.39 Å². The Morgan fingerprint density at radius 2 is 2.00 bits per heavy atom. The van der Waals surface area contributed by atoms with Crippen LogP contribution in [0.5, 0.6) is 0 Å². The molecule has 0 fully saturated rings. The van der Waals surface area contributed by atoms with Crippen LogP contribution in [0, 0.1) is 5.82 Å². The van der Waals surface area contributed by atoms with Gasteiger partial charge in [0.1, 0.15) is 5.82 Å². The Morgan fingerprint density at radius 1 is 1.15 bits per heavy atom. The molecule has 1 aromatic heterocycles. The van der Waals surface area contributed by atoms with Crippen molar-refractivity contribution in [1.29, 1.82) is 0 Å². The van der Waals surface area contributed by atoms with Crippen molar-refractivity contribution in [2.24, 2.45) is 5.73 Å². The molecule has 20 heavy (non-hydrogen) atoms. The minimum Gasteiger partial charge on any atom is -0.343 e. The van der Waals surface area contributed by atoms with Gasteiger partial charge in [-0.1, -0.05) is 28.1 Å². The van der Waals surface area contributed by atoms with Crippen molar-refractivity contribution >= 4 is 26.8 Å². The van der Waals surface area contributed by atoms with E-state index in [-0.39, 0.29) is 5.82 Å². The molecule has 0 bridgehead atoms. The summed E-state index contributed by atoms with van der Waals surface area (Å²) in [7, 11) is 0. The number of hydrogen-bond acceptors (Lipinski definition) is 1. The number of aromatic nitrogens is 1. The fourth-order valence-corrected chi connectivity index (χ4v) is 3.01. The molecule has 0 saturated carbocycles.